The van der Waals surface area contributed by atoms with Crippen LogP contribution in [0, 0.1) is 10.1 Å². The monoisotopic (exact) mass is 361 g/mol. The lowest BCUT2D eigenvalue weighted by Gasteiger charge is -2.12. The van der Waals surface area contributed by atoms with Crippen LogP contribution < -0.4 is 20.1 Å². The largest absolute Gasteiger partial charge is 0.497 e. The van der Waals surface area contributed by atoms with Gasteiger partial charge in [0.2, 0.25) is 0 Å². The number of nitrogens with one attached hydrogen (secondary N) is 2. The molecule has 0 bridgehead atoms. The second-order valence-electron chi connectivity index (χ2n) is 4.78. The Balaban J connectivity index is 2.05. The number of thiocarbonyl (C=S) groups is 1. The van der Waals surface area contributed by atoms with Gasteiger partial charge in [0.25, 0.3) is 11.6 Å². The van der Waals surface area contributed by atoms with Gasteiger partial charge in [0.1, 0.15) is 11.5 Å². The van der Waals surface area contributed by atoms with E-state index < -0.39 is 10.8 Å². The number of benzene rings is 2. The third-order valence-corrected chi connectivity index (χ3v) is 3.42. The average Bonchev–Trinajstić information content (AvgIpc) is 2.61. The number of carbonyl (C=O) groups is 1. The second-order valence-corrected chi connectivity index (χ2v) is 5.19. The van der Waals surface area contributed by atoms with E-state index in [2.05, 4.69) is 10.6 Å². The first-order chi connectivity index (χ1) is 11.9. The van der Waals surface area contributed by atoms with E-state index in [4.69, 9.17) is 21.7 Å². The van der Waals surface area contributed by atoms with Crippen molar-refractivity contribution in [3.05, 3.63) is 58.1 Å². The van der Waals surface area contributed by atoms with Crippen molar-refractivity contribution >= 4 is 34.6 Å². The maximum atomic E-state index is 12.3. The van der Waals surface area contributed by atoms with Gasteiger partial charge in [-0.15, -0.1) is 0 Å². The highest BCUT2D eigenvalue weighted by atomic mass is 32.1. The van der Waals surface area contributed by atoms with Gasteiger partial charge < -0.3 is 14.8 Å². The number of carbonyl (C=O) groups excluding carboxylic acids is 1. The van der Waals surface area contributed by atoms with Crippen LogP contribution in [-0.4, -0.2) is 30.2 Å². The van der Waals surface area contributed by atoms with Crippen molar-refractivity contribution in [1.29, 1.82) is 0 Å². The maximum absolute atomic E-state index is 12.3. The first kappa shape index (κ1) is 18.1. The Kier molecular flexibility index (Phi) is 5.85. The predicted octanol–water partition coefficient (Wildman–Crippen LogP) is 2.74. The average molecular weight is 361 g/mol. The summed E-state index contributed by atoms with van der Waals surface area (Å²) in [4.78, 5) is 22.4. The third-order valence-electron chi connectivity index (χ3n) is 3.22. The molecule has 0 atom stereocenters. The number of non-ortho nitro benzene ring substituents is 1. The van der Waals surface area contributed by atoms with Gasteiger partial charge in [0.05, 0.1) is 24.7 Å². The minimum atomic E-state index is -0.500. The molecule has 0 heterocycles. The van der Waals surface area contributed by atoms with Crippen LogP contribution >= 0.6 is 12.2 Å². The highest BCUT2D eigenvalue weighted by Gasteiger charge is 2.15. The molecule has 2 aromatic rings. The number of hydrogen-bond acceptors (Lipinski definition) is 6. The second kappa shape index (κ2) is 8.06. The van der Waals surface area contributed by atoms with E-state index in [9.17, 15) is 14.9 Å². The summed E-state index contributed by atoms with van der Waals surface area (Å²) in [7, 11) is 2.96. The van der Waals surface area contributed by atoms with Crippen LogP contribution in [0.4, 0.5) is 11.4 Å². The van der Waals surface area contributed by atoms with Crippen LogP contribution in [0.2, 0.25) is 0 Å². The number of anilines is 1. The Labute approximate surface area is 148 Å². The molecule has 0 fully saturated rings. The highest BCUT2D eigenvalue weighted by molar-refractivity contribution is 7.80. The summed E-state index contributed by atoms with van der Waals surface area (Å²) in [5.41, 5.74) is 0.761. The molecule has 1 amide bonds. The molecule has 0 aliphatic carbocycles. The van der Waals surface area contributed by atoms with Crippen molar-refractivity contribution in [3.63, 3.8) is 0 Å². The number of nitro benzene ring substituents is 1. The van der Waals surface area contributed by atoms with E-state index in [1.807, 2.05) is 0 Å². The first-order valence-corrected chi connectivity index (χ1v) is 7.44. The summed E-state index contributed by atoms with van der Waals surface area (Å²) in [5.74, 6) is 0.439. The Hall–Kier alpha value is -3.20. The lowest BCUT2D eigenvalue weighted by atomic mass is 10.2. The molecule has 0 saturated heterocycles. The van der Waals surface area contributed by atoms with E-state index in [0.717, 1.165) is 0 Å². The van der Waals surface area contributed by atoms with E-state index in [1.54, 1.807) is 18.2 Å². The van der Waals surface area contributed by atoms with Crippen LogP contribution in [0.25, 0.3) is 0 Å². The molecule has 2 aromatic carbocycles. The fourth-order valence-electron chi connectivity index (χ4n) is 1.99. The smallest absolute Gasteiger partial charge is 0.269 e. The van der Waals surface area contributed by atoms with Gasteiger partial charge >= 0.3 is 0 Å². The van der Waals surface area contributed by atoms with Gasteiger partial charge in [-0.25, -0.2) is 0 Å². The van der Waals surface area contributed by atoms with E-state index in [-0.39, 0.29) is 16.4 Å². The molecule has 2 N–H and O–H groups in total. The zero-order valence-electron chi connectivity index (χ0n) is 13.4. The van der Waals surface area contributed by atoms with E-state index in [0.29, 0.717) is 17.2 Å². The minimum Gasteiger partial charge on any atom is -0.497 e. The molecule has 25 heavy (non-hydrogen) atoms. The molecule has 0 saturated carbocycles. The quantitative estimate of drug-likeness (QED) is 0.479. The molecule has 0 radical (unpaired) electrons. The van der Waals surface area contributed by atoms with Crippen molar-refractivity contribution in [2.24, 2.45) is 0 Å². The van der Waals surface area contributed by atoms with Gasteiger partial charge in [-0.1, -0.05) is 0 Å². The van der Waals surface area contributed by atoms with Crippen LogP contribution in [0.5, 0.6) is 11.5 Å². The highest BCUT2D eigenvalue weighted by Crippen LogP contribution is 2.24. The number of nitrogens with zero attached hydrogens (tertiary/aromatic N) is 1. The Morgan fingerprint density at radius 2 is 1.80 bits per heavy atom. The lowest BCUT2D eigenvalue weighted by Crippen LogP contribution is -2.34. The fraction of sp³-hybridized carbons (Fsp3) is 0.125. The Morgan fingerprint density at radius 3 is 2.36 bits per heavy atom. The summed E-state index contributed by atoms with van der Waals surface area (Å²) in [5, 5.41) is 16.0. The standard InChI is InChI=1S/C16H15N3O5S/c1-23-12-7-8-13(14(9-12)24-2)15(20)18-16(25)17-10-3-5-11(6-4-10)19(21)22/h3-9H,1-2H3,(H2,17,18,20,25). The van der Waals surface area contributed by atoms with Crippen molar-refractivity contribution in [1.82, 2.24) is 5.32 Å². The molecule has 8 nitrogen and oxygen atoms in total. The lowest BCUT2D eigenvalue weighted by molar-refractivity contribution is -0.384. The summed E-state index contributed by atoms with van der Waals surface area (Å²) in [6, 6.07) is 10.4. The zero-order valence-corrected chi connectivity index (χ0v) is 14.3. The SMILES string of the molecule is COc1ccc(C(=O)NC(=S)Nc2ccc([N+](=O)[O-])cc2)c(OC)c1. The molecular formula is C16H15N3O5S. The van der Waals surface area contributed by atoms with E-state index >= 15 is 0 Å². The van der Waals surface area contributed by atoms with Crippen LogP contribution in [0.3, 0.4) is 0 Å². The maximum Gasteiger partial charge on any atom is 0.269 e. The van der Waals surface area contributed by atoms with Gasteiger partial charge in [-0.3, -0.25) is 20.2 Å². The molecule has 2 rings (SSSR count). The zero-order chi connectivity index (χ0) is 18.4. The number of methoxy groups -OCH3 is 2. The van der Waals surface area contributed by atoms with E-state index in [1.165, 1.54) is 38.5 Å². The summed E-state index contributed by atoms with van der Waals surface area (Å²) in [6.45, 7) is 0. The summed E-state index contributed by atoms with van der Waals surface area (Å²) >= 11 is 5.08. The van der Waals surface area contributed by atoms with Crippen molar-refractivity contribution < 1.29 is 19.2 Å². The fourth-order valence-corrected chi connectivity index (χ4v) is 2.20. The number of ether oxygens (including phenoxy) is 2. The molecular weight excluding hydrogens is 346 g/mol. The van der Waals surface area contributed by atoms with Gasteiger partial charge in [0.15, 0.2) is 5.11 Å². The van der Waals surface area contributed by atoms with Gasteiger partial charge in [0, 0.05) is 23.9 Å². The Morgan fingerprint density at radius 1 is 1.12 bits per heavy atom. The molecule has 9 heteroatoms. The normalized spacial score (nSPS) is 9.84. The summed E-state index contributed by atoms with van der Waals surface area (Å²) < 4.78 is 10.3. The third kappa shape index (κ3) is 4.64. The Bertz CT molecular complexity index is 808. The molecule has 0 spiro atoms. The first-order valence-electron chi connectivity index (χ1n) is 7.03. The molecule has 130 valence electrons. The molecule has 0 aromatic heterocycles. The van der Waals surface area contributed by atoms with Crippen molar-refractivity contribution in [2.75, 3.05) is 19.5 Å². The topological polar surface area (TPSA) is 103 Å². The number of hydrogen-bond donors (Lipinski definition) is 2. The molecule has 0 aliphatic heterocycles. The minimum absolute atomic E-state index is 0.0385. The molecule has 0 aliphatic rings. The molecule has 0 unspecified atom stereocenters. The van der Waals surface area contributed by atoms with Crippen molar-refractivity contribution in [2.45, 2.75) is 0 Å². The number of rotatable bonds is 5. The number of amides is 1. The van der Waals surface area contributed by atoms with Gasteiger partial charge in [-0.05, 0) is 36.5 Å². The van der Waals surface area contributed by atoms with Crippen LogP contribution in [0.1, 0.15) is 10.4 Å². The number of nitro groups is 1. The van der Waals surface area contributed by atoms with Crippen LogP contribution in [-0.2, 0) is 0 Å². The van der Waals surface area contributed by atoms with Gasteiger partial charge in [-0.2, -0.15) is 0 Å². The summed E-state index contributed by atoms with van der Waals surface area (Å²) in [6.07, 6.45) is 0. The van der Waals surface area contributed by atoms with Crippen molar-refractivity contribution in [3.8, 4) is 11.5 Å². The van der Waals surface area contributed by atoms with Crippen LogP contribution in [0.15, 0.2) is 42.5 Å². The predicted molar refractivity (Wildman–Crippen MR) is 96.3 cm³/mol.